The maximum atomic E-state index is 2.41. The zero-order valence-corrected chi connectivity index (χ0v) is 28.7. The number of allylic oxidation sites excluding steroid dienone is 3. The van der Waals surface area contributed by atoms with Gasteiger partial charge in [-0.05, 0) is 115 Å². The van der Waals surface area contributed by atoms with Gasteiger partial charge < -0.3 is 14.4 Å². The molecule has 0 radical (unpaired) electrons. The van der Waals surface area contributed by atoms with E-state index in [0.717, 1.165) is 34.1 Å². The smallest absolute Gasteiger partial charge is 0.0547 e. The minimum atomic E-state index is 1.10. The van der Waals surface area contributed by atoms with Crippen molar-refractivity contribution in [3.05, 3.63) is 188 Å². The molecule has 0 bridgehead atoms. The Balaban J connectivity index is 1.30. The summed E-state index contributed by atoms with van der Waals surface area (Å²) in [5.74, 6) is 0. The highest BCUT2D eigenvalue weighted by Gasteiger charge is 2.19. The van der Waals surface area contributed by atoms with Gasteiger partial charge in [0.1, 0.15) is 0 Å². The van der Waals surface area contributed by atoms with Crippen LogP contribution in [0, 0.1) is 0 Å². The van der Waals surface area contributed by atoms with Crippen LogP contribution in [0.2, 0.25) is 0 Å². The molecule has 0 amide bonds. The topological polar surface area (TPSA) is 11.4 Å². The van der Waals surface area contributed by atoms with Crippen molar-refractivity contribution in [2.75, 3.05) is 16.8 Å². The van der Waals surface area contributed by atoms with Crippen LogP contribution in [-0.2, 0) is 0 Å². The van der Waals surface area contributed by atoms with Crippen molar-refractivity contribution in [3.63, 3.8) is 0 Å². The van der Waals surface area contributed by atoms with Crippen LogP contribution in [0.25, 0.3) is 49.4 Å². The summed E-state index contributed by atoms with van der Waals surface area (Å²) in [5, 5.41) is 4.98. The number of rotatable bonds is 8. The van der Waals surface area contributed by atoms with Gasteiger partial charge in [0, 0.05) is 52.0 Å². The van der Waals surface area contributed by atoms with Crippen LogP contribution in [0.3, 0.4) is 0 Å². The van der Waals surface area contributed by atoms with Crippen molar-refractivity contribution in [1.82, 2.24) is 4.57 Å². The molecule has 7 aromatic carbocycles. The summed E-state index contributed by atoms with van der Waals surface area (Å²) >= 11 is 0. The lowest BCUT2D eigenvalue weighted by atomic mass is 10.0. The quantitative estimate of drug-likeness (QED) is 0.152. The van der Waals surface area contributed by atoms with E-state index in [-0.39, 0.29) is 0 Å². The number of hydrogen-bond donors (Lipinski definition) is 0. The Kier molecular flexibility index (Phi) is 8.24. The van der Waals surface area contributed by atoms with Gasteiger partial charge in [0.15, 0.2) is 0 Å². The summed E-state index contributed by atoms with van der Waals surface area (Å²) in [4.78, 5) is 4.57. The Labute approximate surface area is 294 Å². The van der Waals surface area contributed by atoms with Gasteiger partial charge >= 0.3 is 0 Å². The molecule has 242 valence electrons. The van der Waals surface area contributed by atoms with Crippen LogP contribution in [0.5, 0.6) is 0 Å². The van der Waals surface area contributed by atoms with E-state index in [2.05, 4.69) is 217 Å². The van der Waals surface area contributed by atoms with Crippen molar-refractivity contribution < 1.29 is 0 Å². The lowest BCUT2D eigenvalue weighted by Crippen LogP contribution is -2.15. The van der Waals surface area contributed by atoms with E-state index < -0.39 is 0 Å². The van der Waals surface area contributed by atoms with Gasteiger partial charge in [-0.3, -0.25) is 0 Å². The average Bonchev–Trinajstić information content (AvgIpc) is 3.52. The number of para-hydroxylation sites is 1. The zero-order chi connectivity index (χ0) is 34.0. The Hall–Kier alpha value is -6.32. The molecule has 1 aromatic heterocycles. The number of benzene rings is 7. The van der Waals surface area contributed by atoms with E-state index >= 15 is 0 Å². The van der Waals surface area contributed by atoms with E-state index in [4.69, 9.17) is 0 Å². The highest BCUT2D eigenvalue weighted by Crippen LogP contribution is 2.42. The number of anilines is 4. The van der Waals surface area contributed by atoms with E-state index in [1.807, 2.05) is 0 Å². The van der Waals surface area contributed by atoms with Crippen molar-refractivity contribution in [2.45, 2.75) is 13.8 Å². The Morgan fingerprint density at radius 2 is 1.12 bits per heavy atom. The van der Waals surface area contributed by atoms with Gasteiger partial charge in [0.2, 0.25) is 0 Å². The molecule has 0 fully saturated rings. The molecule has 1 heterocycles. The molecule has 50 heavy (non-hydrogen) atoms. The Morgan fingerprint density at radius 3 is 1.84 bits per heavy atom. The predicted molar refractivity (Wildman–Crippen MR) is 215 cm³/mol. The molecule has 0 atom stereocenters. The summed E-state index contributed by atoms with van der Waals surface area (Å²) in [5.41, 5.74) is 11.6. The first-order valence-corrected chi connectivity index (χ1v) is 17.2. The van der Waals surface area contributed by atoms with Crippen LogP contribution in [0.1, 0.15) is 13.8 Å². The van der Waals surface area contributed by atoms with Crippen LogP contribution in [0.15, 0.2) is 188 Å². The maximum Gasteiger partial charge on any atom is 0.0547 e. The molecule has 0 unspecified atom stereocenters. The molecule has 8 aromatic rings. The summed E-state index contributed by atoms with van der Waals surface area (Å²) in [6.07, 6.45) is 6.35. The van der Waals surface area contributed by atoms with E-state index in [1.54, 1.807) is 0 Å². The molecule has 0 spiro atoms. The molecule has 8 rings (SSSR count). The molecular weight excluding hydrogens is 607 g/mol. The molecule has 0 saturated heterocycles. The van der Waals surface area contributed by atoms with E-state index in [1.165, 1.54) is 43.7 Å². The van der Waals surface area contributed by atoms with Crippen molar-refractivity contribution in [3.8, 4) is 16.8 Å². The van der Waals surface area contributed by atoms with Crippen molar-refractivity contribution in [2.24, 2.45) is 0 Å². The van der Waals surface area contributed by atoms with E-state index in [0.29, 0.717) is 0 Å². The molecule has 0 N–H and O–H groups in total. The van der Waals surface area contributed by atoms with Gasteiger partial charge in [-0.1, -0.05) is 103 Å². The first-order chi connectivity index (χ1) is 24.6. The van der Waals surface area contributed by atoms with Gasteiger partial charge in [-0.15, -0.1) is 0 Å². The summed E-state index contributed by atoms with van der Waals surface area (Å²) in [6.45, 7) is 4.13. The zero-order valence-electron chi connectivity index (χ0n) is 28.7. The molecular formula is C47H39N3. The first-order valence-electron chi connectivity index (χ1n) is 17.2. The van der Waals surface area contributed by atoms with Crippen LogP contribution >= 0.6 is 0 Å². The predicted octanol–water partition coefficient (Wildman–Crippen LogP) is 13.0. The molecule has 0 aliphatic rings. The number of aromatic nitrogens is 1. The number of hydrogen-bond acceptors (Lipinski definition) is 2. The lowest BCUT2D eigenvalue weighted by molar-refractivity contribution is 1.13. The molecule has 3 heteroatoms. The molecule has 0 aliphatic carbocycles. The second-order valence-electron chi connectivity index (χ2n) is 12.6. The third-order valence-corrected chi connectivity index (χ3v) is 9.66. The van der Waals surface area contributed by atoms with Gasteiger partial charge in [-0.2, -0.15) is 0 Å². The highest BCUT2D eigenvalue weighted by atomic mass is 15.1. The Bertz CT molecular complexity index is 2490. The third kappa shape index (κ3) is 5.53. The van der Waals surface area contributed by atoms with Crippen molar-refractivity contribution in [1.29, 1.82) is 0 Å². The molecule has 3 nitrogen and oxygen atoms in total. The average molecular weight is 646 g/mol. The fourth-order valence-corrected chi connectivity index (χ4v) is 7.20. The second kappa shape index (κ2) is 13.3. The number of nitrogens with zero attached hydrogens (tertiary/aromatic N) is 3. The number of fused-ring (bicyclic) bond motifs is 5. The standard InChI is InChI=1S/C47H39N3/c1-4-14-37(5-2)48(3)38-26-28-40(29-27-38)49(39-18-10-7-11-19-39)42-30-32-45-44(33-42)47-43-20-13-12-17-36(43)23-31-46(47)50(45)41-24-21-35(22-25-41)34-15-8-6-9-16-34/h4-33H,1-3H3/b14-4-,37-5+. The van der Waals surface area contributed by atoms with Crippen molar-refractivity contribution >= 4 is 55.3 Å². The minimum absolute atomic E-state index is 1.10. The van der Waals surface area contributed by atoms with Crippen LogP contribution in [0.4, 0.5) is 22.7 Å². The summed E-state index contributed by atoms with van der Waals surface area (Å²) in [6, 6.07) is 59.2. The monoisotopic (exact) mass is 645 g/mol. The highest BCUT2D eigenvalue weighted by molar-refractivity contribution is 6.22. The maximum absolute atomic E-state index is 2.41. The van der Waals surface area contributed by atoms with Gasteiger partial charge in [0.05, 0.1) is 11.0 Å². The van der Waals surface area contributed by atoms with Gasteiger partial charge in [0.25, 0.3) is 0 Å². The van der Waals surface area contributed by atoms with Crippen LogP contribution < -0.4 is 9.80 Å². The fourth-order valence-electron chi connectivity index (χ4n) is 7.20. The SMILES string of the molecule is C/C=C\C(=C/C)N(C)c1ccc(N(c2ccccc2)c2ccc3c(c2)c2c4ccccc4ccc2n3-c2ccc(-c3ccccc3)cc2)cc1. The largest absolute Gasteiger partial charge is 0.345 e. The summed E-state index contributed by atoms with van der Waals surface area (Å²) < 4.78 is 2.41. The number of likely N-dealkylation sites (N-methyl/N-ethyl adjacent to an activating group) is 1. The normalized spacial score (nSPS) is 11.9. The first kappa shape index (κ1) is 31.0. The Morgan fingerprint density at radius 1 is 0.520 bits per heavy atom. The second-order valence-corrected chi connectivity index (χ2v) is 12.6. The molecule has 0 saturated carbocycles. The lowest BCUT2D eigenvalue weighted by Gasteiger charge is -2.27. The minimum Gasteiger partial charge on any atom is -0.345 e. The fraction of sp³-hybridized carbons (Fsp3) is 0.0638. The summed E-state index contributed by atoms with van der Waals surface area (Å²) in [7, 11) is 2.11. The third-order valence-electron chi connectivity index (χ3n) is 9.66. The molecule has 0 aliphatic heterocycles. The van der Waals surface area contributed by atoms with Gasteiger partial charge in [-0.25, -0.2) is 0 Å². The van der Waals surface area contributed by atoms with E-state index in [9.17, 15) is 0 Å². The van der Waals surface area contributed by atoms with Crippen LogP contribution in [-0.4, -0.2) is 11.6 Å².